The highest BCUT2D eigenvalue weighted by atomic mass is 16.3. The number of rotatable bonds is 9. The molecule has 1 atom stereocenters. The quantitative estimate of drug-likeness (QED) is 0.411. The van der Waals surface area contributed by atoms with Gasteiger partial charge in [0.05, 0.1) is 18.7 Å². The molecule has 1 amide bonds. The van der Waals surface area contributed by atoms with Crippen LogP contribution in [0.25, 0.3) is 22.1 Å². The van der Waals surface area contributed by atoms with Gasteiger partial charge in [0.15, 0.2) is 5.65 Å². The largest absolute Gasteiger partial charge is 0.395 e. The summed E-state index contributed by atoms with van der Waals surface area (Å²) in [5.41, 5.74) is 4.55. The van der Waals surface area contributed by atoms with Crippen LogP contribution in [0.4, 0.5) is 0 Å². The third kappa shape index (κ3) is 4.30. The number of carbonyl (C=O) groups is 1. The number of nitrogens with zero attached hydrogens (tertiary/aromatic N) is 4. The summed E-state index contributed by atoms with van der Waals surface area (Å²) in [7, 11) is 2.02. The second-order valence-corrected chi connectivity index (χ2v) is 8.54. The Balaban J connectivity index is 1.81. The van der Waals surface area contributed by atoms with Gasteiger partial charge < -0.3 is 15.0 Å². The van der Waals surface area contributed by atoms with Gasteiger partial charge in [0.25, 0.3) is 0 Å². The lowest BCUT2D eigenvalue weighted by Crippen LogP contribution is -2.33. The zero-order chi connectivity index (χ0) is 23.5. The predicted molar refractivity (Wildman–Crippen MR) is 129 cm³/mol. The number of hydrogen-bond donors (Lipinski definition) is 2. The molecule has 0 radical (unpaired) electrons. The third-order valence-corrected chi connectivity index (χ3v) is 6.19. The van der Waals surface area contributed by atoms with Crippen LogP contribution in [0.5, 0.6) is 0 Å². The SMILES string of the molecule is CCCC(CC(=O)NCCO)n1c(=O)n(Cc2cn(C)c3cccc(C)c23)c2cccnc21. The minimum atomic E-state index is -0.311. The van der Waals surface area contributed by atoms with E-state index in [1.54, 1.807) is 15.3 Å². The molecule has 33 heavy (non-hydrogen) atoms. The number of benzene rings is 1. The van der Waals surface area contributed by atoms with E-state index in [2.05, 4.69) is 40.1 Å². The third-order valence-electron chi connectivity index (χ3n) is 6.19. The van der Waals surface area contributed by atoms with Crippen molar-refractivity contribution in [1.82, 2.24) is 24.0 Å². The van der Waals surface area contributed by atoms with Gasteiger partial charge in [-0.2, -0.15) is 0 Å². The monoisotopic (exact) mass is 449 g/mol. The molecule has 0 aliphatic carbocycles. The fraction of sp³-hybridized carbons (Fsp3) is 0.400. The topological polar surface area (TPSA) is 94.1 Å². The van der Waals surface area contributed by atoms with Crippen molar-refractivity contribution in [2.75, 3.05) is 13.2 Å². The number of aryl methyl sites for hydroxylation is 2. The highest BCUT2D eigenvalue weighted by Gasteiger charge is 2.24. The summed E-state index contributed by atoms with van der Waals surface area (Å²) in [6.45, 7) is 4.63. The molecule has 0 fully saturated rings. The van der Waals surface area contributed by atoms with Crippen molar-refractivity contribution in [2.24, 2.45) is 7.05 Å². The summed E-state index contributed by atoms with van der Waals surface area (Å²) in [5, 5.41) is 12.9. The molecule has 0 aliphatic heterocycles. The minimum Gasteiger partial charge on any atom is -0.395 e. The molecule has 1 unspecified atom stereocenters. The molecule has 0 saturated heterocycles. The molecular formula is C25H31N5O3. The van der Waals surface area contributed by atoms with E-state index in [0.29, 0.717) is 18.6 Å². The van der Waals surface area contributed by atoms with E-state index < -0.39 is 0 Å². The highest BCUT2D eigenvalue weighted by molar-refractivity contribution is 5.87. The molecule has 4 rings (SSSR count). The van der Waals surface area contributed by atoms with Crippen LogP contribution in [-0.4, -0.2) is 42.9 Å². The molecule has 8 heteroatoms. The van der Waals surface area contributed by atoms with E-state index in [9.17, 15) is 9.59 Å². The standard InChI is InChI=1S/C25H31N5O3/c1-4-7-19(14-22(32)26-12-13-31)30-24-21(10-6-11-27-24)29(25(30)33)16-18-15-28(3)20-9-5-8-17(2)23(18)20/h5-6,8-11,15,19,31H,4,7,12-14,16H2,1-3H3,(H,26,32). The molecule has 0 spiro atoms. The molecule has 0 saturated carbocycles. The minimum absolute atomic E-state index is 0.116. The van der Waals surface area contributed by atoms with Crippen LogP contribution < -0.4 is 11.0 Å². The zero-order valence-electron chi connectivity index (χ0n) is 19.4. The lowest BCUT2D eigenvalue weighted by Gasteiger charge is -2.17. The maximum atomic E-state index is 13.7. The number of nitrogens with one attached hydrogen (secondary N) is 1. The first-order valence-corrected chi connectivity index (χ1v) is 11.4. The first-order valence-electron chi connectivity index (χ1n) is 11.4. The highest BCUT2D eigenvalue weighted by Crippen LogP contribution is 2.27. The van der Waals surface area contributed by atoms with Gasteiger partial charge in [0.2, 0.25) is 5.91 Å². The molecule has 2 N–H and O–H groups in total. The Morgan fingerprint density at radius 3 is 2.76 bits per heavy atom. The molecular weight excluding hydrogens is 418 g/mol. The summed E-state index contributed by atoms with van der Waals surface area (Å²) in [4.78, 5) is 30.7. The van der Waals surface area contributed by atoms with Crippen molar-refractivity contribution in [3.8, 4) is 0 Å². The molecule has 0 aliphatic rings. The summed E-state index contributed by atoms with van der Waals surface area (Å²) < 4.78 is 5.53. The summed E-state index contributed by atoms with van der Waals surface area (Å²) in [6, 6.07) is 9.64. The van der Waals surface area contributed by atoms with Crippen LogP contribution in [0.1, 0.15) is 43.4 Å². The van der Waals surface area contributed by atoms with Gasteiger partial charge in [-0.05, 0) is 42.7 Å². The smallest absolute Gasteiger partial charge is 0.330 e. The zero-order valence-corrected chi connectivity index (χ0v) is 19.4. The molecule has 0 bridgehead atoms. The van der Waals surface area contributed by atoms with Gasteiger partial charge in [0, 0.05) is 49.4 Å². The Labute approximate surface area is 192 Å². The van der Waals surface area contributed by atoms with Gasteiger partial charge in [-0.3, -0.25) is 13.9 Å². The number of aliphatic hydroxyl groups is 1. The van der Waals surface area contributed by atoms with Crippen LogP contribution in [0, 0.1) is 6.92 Å². The molecule has 174 valence electrons. The van der Waals surface area contributed by atoms with Crippen LogP contribution >= 0.6 is 0 Å². The number of imidazole rings is 1. The van der Waals surface area contributed by atoms with E-state index in [1.165, 1.54) is 5.56 Å². The summed E-state index contributed by atoms with van der Waals surface area (Å²) >= 11 is 0. The maximum absolute atomic E-state index is 13.7. The lowest BCUT2D eigenvalue weighted by atomic mass is 10.1. The second-order valence-electron chi connectivity index (χ2n) is 8.54. The van der Waals surface area contributed by atoms with Crippen molar-refractivity contribution in [2.45, 2.75) is 45.7 Å². The van der Waals surface area contributed by atoms with Crippen LogP contribution in [0.15, 0.2) is 47.5 Å². The van der Waals surface area contributed by atoms with Crippen LogP contribution in [0.2, 0.25) is 0 Å². The van der Waals surface area contributed by atoms with Crippen molar-refractivity contribution in [3.63, 3.8) is 0 Å². The Morgan fingerprint density at radius 1 is 1.21 bits per heavy atom. The van der Waals surface area contributed by atoms with E-state index >= 15 is 0 Å². The van der Waals surface area contributed by atoms with Gasteiger partial charge in [-0.15, -0.1) is 0 Å². The number of aromatic nitrogens is 4. The molecule has 1 aromatic carbocycles. The van der Waals surface area contributed by atoms with Gasteiger partial charge >= 0.3 is 5.69 Å². The van der Waals surface area contributed by atoms with Crippen molar-refractivity contribution < 1.29 is 9.90 Å². The average Bonchev–Trinajstić information content (AvgIpc) is 3.27. The van der Waals surface area contributed by atoms with Crippen LogP contribution in [0.3, 0.4) is 0 Å². The number of pyridine rings is 1. The van der Waals surface area contributed by atoms with Crippen molar-refractivity contribution in [1.29, 1.82) is 0 Å². The molecule has 3 heterocycles. The number of fused-ring (bicyclic) bond motifs is 2. The van der Waals surface area contributed by atoms with Gasteiger partial charge in [-0.1, -0.05) is 25.5 Å². The maximum Gasteiger partial charge on any atom is 0.330 e. The van der Waals surface area contributed by atoms with Crippen LogP contribution in [-0.2, 0) is 18.4 Å². The van der Waals surface area contributed by atoms with E-state index in [4.69, 9.17) is 5.11 Å². The second kappa shape index (κ2) is 9.62. The number of carbonyl (C=O) groups excluding carboxylic acids is 1. The predicted octanol–water partition coefficient (Wildman–Crippen LogP) is 2.89. The number of aliphatic hydroxyl groups excluding tert-OH is 1. The summed E-state index contributed by atoms with van der Waals surface area (Å²) in [6.07, 6.45) is 5.42. The first kappa shape index (κ1) is 22.8. The Kier molecular flexibility index (Phi) is 6.65. The molecule has 8 nitrogen and oxygen atoms in total. The number of hydrogen-bond acceptors (Lipinski definition) is 4. The molecule has 4 aromatic rings. The van der Waals surface area contributed by atoms with Gasteiger partial charge in [-0.25, -0.2) is 9.78 Å². The Hall–Kier alpha value is -3.39. The number of amides is 1. The first-order chi connectivity index (χ1) is 16.0. The Morgan fingerprint density at radius 2 is 2.00 bits per heavy atom. The van der Waals surface area contributed by atoms with Gasteiger partial charge in [0.1, 0.15) is 0 Å². The lowest BCUT2D eigenvalue weighted by molar-refractivity contribution is -0.122. The Bertz CT molecular complexity index is 1350. The van der Waals surface area contributed by atoms with E-state index in [0.717, 1.165) is 28.4 Å². The van der Waals surface area contributed by atoms with Crippen molar-refractivity contribution in [3.05, 3.63) is 64.3 Å². The van der Waals surface area contributed by atoms with Crippen molar-refractivity contribution >= 4 is 28.0 Å². The van der Waals surface area contributed by atoms with E-state index in [-0.39, 0.29) is 37.2 Å². The fourth-order valence-corrected chi connectivity index (χ4v) is 4.75. The fourth-order valence-electron chi connectivity index (χ4n) is 4.75. The molecule has 3 aromatic heterocycles. The van der Waals surface area contributed by atoms with E-state index in [1.807, 2.05) is 32.2 Å². The normalized spacial score (nSPS) is 12.5. The summed E-state index contributed by atoms with van der Waals surface area (Å²) in [5.74, 6) is -0.184. The average molecular weight is 450 g/mol.